The second-order valence-electron chi connectivity index (χ2n) is 7.20. The number of hydrogen-bond donors (Lipinski definition) is 1. The molecule has 0 radical (unpaired) electrons. The molecule has 1 aliphatic heterocycles. The molecule has 2 heterocycles. The van der Waals surface area contributed by atoms with Gasteiger partial charge in [-0.2, -0.15) is 4.31 Å². The lowest BCUT2D eigenvalue weighted by atomic mass is 10.0. The first-order valence-corrected chi connectivity index (χ1v) is 11.2. The van der Waals surface area contributed by atoms with E-state index in [-0.39, 0.29) is 11.5 Å². The van der Waals surface area contributed by atoms with Gasteiger partial charge in [-0.3, -0.25) is 9.59 Å². The van der Waals surface area contributed by atoms with E-state index in [4.69, 9.17) is 4.74 Å². The maximum absolute atomic E-state index is 12.9. The van der Waals surface area contributed by atoms with Crippen LogP contribution in [0.25, 0.3) is 10.9 Å². The van der Waals surface area contributed by atoms with Gasteiger partial charge in [0, 0.05) is 28.7 Å². The van der Waals surface area contributed by atoms with E-state index in [1.807, 2.05) is 24.3 Å². The number of nitrogens with one attached hydrogen (secondary N) is 1. The third kappa shape index (κ3) is 3.84. The number of sulfonamides is 1. The molecule has 0 aliphatic carbocycles. The standard InChI is InChI=1S/C20H26N2O5S/c1-4-12-28(25,26)22-11-7-10-17(22)20(24)27-14(3)19(23)18-13(2)21-16-9-6-5-8-15(16)18/h5-6,8-9,14,17,21H,4,7,10-12H2,1-3H3/t14-,17-/m0/s1. The van der Waals surface area contributed by atoms with Crippen molar-refractivity contribution in [3.05, 3.63) is 35.5 Å². The topological polar surface area (TPSA) is 96.5 Å². The van der Waals surface area contributed by atoms with Gasteiger partial charge in [-0.15, -0.1) is 0 Å². The van der Waals surface area contributed by atoms with Crippen LogP contribution < -0.4 is 0 Å². The summed E-state index contributed by atoms with van der Waals surface area (Å²) < 4.78 is 31.4. The Kier molecular flexibility index (Phi) is 5.90. The molecule has 0 unspecified atom stereocenters. The molecule has 7 nitrogen and oxygen atoms in total. The number of carbonyl (C=O) groups excluding carboxylic acids is 2. The van der Waals surface area contributed by atoms with Crippen LogP contribution in [0.1, 0.15) is 49.2 Å². The minimum Gasteiger partial charge on any atom is -0.453 e. The minimum atomic E-state index is -3.50. The Bertz CT molecular complexity index is 995. The molecule has 2 atom stereocenters. The predicted octanol–water partition coefficient (Wildman–Crippen LogP) is 2.79. The Morgan fingerprint density at radius 3 is 2.75 bits per heavy atom. The molecule has 1 aliphatic rings. The van der Waals surface area contributed by atoms with E-state index < -0.39 is 28.1 Å². The molecule has 28 heavy (non-hydrogen) atoms. The number of ether oxygens (including phenoxy) is 1. The van der Waals surface area contributed by atoms with Crippen molar-refractivity contribution in [2.75, 3.05) is 12.3 Å². The molecule has 0 amide bonds. The first-order chi connectivity index (χ1) is 13.3. The van der Waals surface area contributed by atoms with Gasteiger partial charge in [0.05, 0.1) is 5.75 Å². The molecule has 1 aromatic carbocycles. The summed E-state index contributed by atoms with van der Waals surface area (Å²) in [6.45, 7) is 5.43. The lowest BCUT2D eigenvalue weighted by Gasteiger charge is -2.23. The van der Waals surface area contributed by atoms with Gasteiger partial charge < -0.3 is 9.72 Å². The van der Waals surface area contributed by atoms with Crippen LogP contribution >= 0.6 is 0 Å². The zero-order valence-electron chi connectivity index (χ0n) is 16.4. The quantitative estimate of drug-likeness (QED) is 0.563. The lowest BCUT2D eigenvalue weighted by molar-refractivity contribution is -0.150. The third-order valence-electron chi connectivity index (χ3n) is 5.10. The largest absolute Gasteiger partial charge is 0.453 e. The van der Waals surface area contributed by atoms with Gasteiger partial charge in [0.1, 0.15) is 6.04 Å². The Labute approximate surface area is 165 Å². The van der Waals surface area contributed by atoms with Crippen LogP contribution in [-0.2, 0) is 19.6 Å². The Morgan fingerprint density at radius 1 is 1.32 bits per heavy atom. The summed E-state index contributed by atoms with van der Waals surface area (Å²) in [6, 6.07) is 6.59. The number of aromatic nitrogens is 1. The summed E-state index contributed by atoms with van der Waals surface area (Å²) in [7, 11) is -3.50. The van der Waals surface area contributed by atoms with Crippen molar-refractivity contribution in [2.45, 2.75) is 52.2 Å². The van der Waals surface area contributed by atoms with E-state index in [2.05, 4.69) is 4.98 Å². The van der Waals surface area contributed by atoms with E-state index in [9.17, 15) is 18.0 Å². The van der Waals surface area contributed by atoms with Gasteiger partial charge in [-0.1, -0.05) is 25.1 Å². The van der Waals surface area contributed by atoms with Gasteiger partial charge in [0.15, 0.2) is 6.10 Å². The summed E-state index contributed by atoms with van der Waals surface area (Å²) in [6.07, 6.45) is 0.498. The van der Waals surface area contributed by atoms with Crippen LogP contribution in [-0.4, -0.2) is 53.9 Å². The van der Waals surface area contributed by atoms with Crippen LogP contribution in [0.15, 0.2) is 24.3 Å². The van der Waals surface area contributed by atoms with E-state index in [1.165, 1.54) is 11.2 Å². The van der Waals surface area contributed by atoms with Crippen molar-refractivity contribution < 1.29 is 22.7 Å². The highest BCUT2D eigenvalue weighted by Gasteiger charge is 2.40. The fourth-order valence-corrected chi connectivity index (χ4v) is 5.52. The number of aromatic amines is 1. The molecule has 0 bridgehead atoms. The molecule has 1 aromatic heterocycles. The normalized spacial score (nSPS) is 19.0. The monoisotopic (exact) mass is 406 g/mol. The number of Topliss-reactive ketones (excluding diaryl/α,β-unsaturated/α-hetero) is 1. The number of carbonyl (C=O) groups is 2. The Hall–Kier alpha value is -2.19. The average molecular weight is 407 g/mol. The Balaban J connectivity index is 1.76. The highest BCUT2D eigenvalue weighted by Crippen LogP contribution is 2.26. The van der Waals surface area contributed by atoms with Gasteiger partial charge in [-0.05, 0) is 39.2 Å². The number of H-pyrrole nitrogens is 1. The summed E-state index contributed by atoms with van der Waals surface area (Å²) in [5.41, 5.74) is 2.05. The van der Waals surface area contributed by atoms with Crippen molar-refractivity contribution in [2.24, 2.45) is 0 Å². The Morgan fingerprint density at radius 2 is 2.04 bits per heavy atom. The predicted molar refractivity (Wildman–Crippen MR) is 107 cm³/mol. The molecule has 1 N–H and O–H groups in total. The fourth-order valence-electron chi connectivity index (χ4n) is 3.79. The number of ketones is 1. The zero-order chi connectivity index (χ0) is 20.5. The van der Waals surface area contributed by atoms with E-state index >= 15 is 0 Å². The third-order valence-corrected chi connectivity index (χ3v) is 7.17. The van der Waals surface area contributed by atoms with Crippen molar-refractivity contribution in [3.63, 3.8) is 0 Å². The second kappa shape index (κ2) is 8.05. The van der Waals surface area contributed by atoms with Crippen molar-refractivity contribution in [1.29, 1.82) is 0 Å². The van der Waals surface area contributed by atoms with E-state index in [1.54, 1.807) is 13.8 Å². The minimum absolute atomic E-state index is 0.000200. The van der Waals surface area contributed by atoms with Crippen molar-refractivity contribution >= 4 is 32.7 Å². The van der Waals surface area contributed by atoms with E-state index in [0.717, 1.165) is 10.9 Å². The molecule has 152 valence electrons. The van der Waals surface area contributed by atoms with Crippen LogP contribution in [0.4, 0.5) is 0 Å². The van der Waals surface area contributed by atoms with Gasteiger partial charge in [0.2, 0.25) is 15.8 Å². The number of fused-ring (bicyclic) bond motifs is 1. The van der Waals surface area contributed by atoms with Crippen molar-refractivity contribution in [3.8, 4) is 0 Å². The number of rotatable bonds is 7. The average Bonchev–Trinajstić information content (AvgIpc) is 3.25. The maximum Gasteiger partial charge on any atom is 0.325 e. The highest BCUT2D eigenvalue weighted by atomic mass is 32.2. The van der Waals surface area contributed by atoms with Crippen molar-refractivity contribution in [1.82, 2.24) is 9.29 Å². The number of benzene rings is 1. The van der Waals surface area contributed by atoms with Crippen LogP contribution in [0.2, 0.25) is 0 Å². The number of aryl methyl sites for hydroxylation is 1. The number of hydrogen-bond acceptors (Lipinski definition) is 5. The second-order valence-corrected chi connectivity index (χ2v) is 9.24. The SMILES string of the molecule is CCCS(=O)(=O)N1CCC[C@H]1C(=O)O[C@@H](C)C(=O)c1c(C)[nH]c2ccccc12. The van der Waals surface area contributed by atoms with E-state index in [0.29, 0.717) is 37.1 Å². The van der Waals surface area contributed by atoms with Gasteiger partial charge in [-0.25, -0.2) is 8.42 Å². The molecular weight excluding hydrogens is 380 g/mol. The zero-order valence-corrected chi connectivity index (χ0v) is 17.2. The molecule has 3 rings (SSSR count). The first kappa shape index (κ1) is 20.5. The van der Waals surface area contributed by atoms with Crippen LogP contribution in [0.5, 0.6) is 0 Å². The number of nitrogens with zero attached hydrogens (tertiary/aromatic N) is 1. The first-order valence-electron chi connectivity index (χ1n) is 9.57. The molecule has 0 saturated carbocycles. The maximum atomic E-state index is 12.9. The summed E-state index contributed by atoms with van der Waals surface area (Å²) >= 11 is 0. The van der Waals surface area contributed by atoms with Gasteiger partial charge in [0.25, 0.3) is 0 Å². The number of esters is 1. The fraction of sp³-hybridized carbons (Fsp3) is 0.500. The summed E-state index contributed by atoms with van der Waals surface area (Å²) in [5, 5.41) is 0.779. The summed E-state index contributed by atoms with van der Waals surface area (Å²) in [5.74, 6) is -0.959. The smallest absolute Gasteiger partial charge is 0.325 e. The molecular formula is C20H26N2O5S. The molecule has 0 spiro atoms. The number of para-hydroxylation sites is 1. The molecule has 2 aromatic rings. The summed E-state index contributed by atoms with van der Waals surface area (Å²) in [4.78, 5) is 28.8. The molecule has 1 saturated heterocycles. The molecule has 8 heteroatoms. The lowest BCUT2D eigenvalue weighted by Crippen LogP contribution is -2.43. The molecule has 1 fully saturated rings. The van der Waals surface area contributed by atoms with Crippen LogP contribution in [0.3, 0.4) is 0 Å². The highest BCUT2D eigenvalue weighted by molar-refractivity contribution is 7.89. The van der Waals surface area contributed by atoms with Gasteiger partial charge >= 0.3 is 5.97 Å². The van der Waals surface area contributed by atoms with Crippen LogP contribution in [0, 0.1) is 6.92 Å².